The van der Waals surface area contributed by atoms with Gasteiger partial charge in [0, 0.05) is 31.9 Å². The summed E-state index contributed by atoms with van der Waals surface area (Å²) in [5.41, 5.74) is 4.44. The molecule has 2 aromatic carbocycles. The first-order chi connectivity index (χ1) is 11.7. The molecule has 2 aromatic rings. The molecule has 0 radical (unpaired) electrons. The molecule has 1 aliphatic carbocycles. The summed E-state index contributed by atoms with van der Waals surface area (Å²) in [6, 6.07) is 21.7. The lowest BCUT2D eigenvalue weighted by atomic mass is 10.2. The minimum Gasteiger partial charge on any atom is -0.453 e. The van der Waals surface area contributed by atoms with E-state index in [2.05, 4.69) is 9.98 Å². The summed E-state index contributed by atoms with van der Waals surface area (Å²) in [4.78, 5) is 11.3. The second-order valence-corrected chi connectivity index (χ2v) is 5.86. The standard InChI is InChI=1S/C20H17N3O/c1-23(2)16-9-11-18-20(13-16)24-19-12-15(8-10-17(19)22-18)21-14-6-4-3-5-7-14/h3-13H,1-2H3. The van der Waals surface area contributed by atoms with E-state index in [9.17, 15) is 0 Å². The van der Waals surface area contributed by atoms with E-state index in [0.29, 0.717) is 0 Å². The summed E-state index contributed by atoms with van der Waals surface area (Å²) in [6.45, 7) is 0. The molecular formula is C20H17N3O. The first-order valence-electron chi connectivity index (χ1n) is 7.81. The van der Waals surface area contributed by atoms with Crippen molar-refractivity contribution in [3.63, 3.8) is 0 Å². The van der Waals surface area contributed by atoms with Crippen molar-refractivity contribution in [3.8, 4) is 11.5 Å². The number of hydrogen-bond donors (Lipinski definition) is 0. The Morgan fingerprint density at radius 1 is 0.917 bits per heavy atom. The molecular weight excluding hydrogens is 298 g/mol. The smallest absolute Gasteiger partial charge is 0.155 e. The average Bonchev–Trinajstić information content (AvgIpc) is 2.60. The molecule has 0 bridgehead atoms. The van der Waals surface area contributed by atoms with Crippen LogP contribution in [-0.2, 0) is 0 Å². The molecule has 0 fully saturated rings. The van der Waals surface area contributed by atoms with Crippen molar-refractivity contribution < 1.29 is 4.42 Å². The molecule has 4 heteroatoms. The van der Waals surface area contributed by atoms with Crippen molar-refractivity contribution in [2.75, 3.05) is 19.0 Å². The highest BCUT2D eigenvalue weighted by Gasteiger charge is 2.09. The van der Waals surface area contributed by atoms with Gasteiger partial charge < -0.3 is 9.32 Å². The zero-order chi connectivity index (χ0) is 16.5. The first-order valence-corrected chi connectivity index (χ1v) is 7.81. The van der Waals surface area contributed by atoms with Crippen LogP contribution in [0.1, 0.15) is 0 Å². The zero-order valence-corrected chi connectivity index (χ0v) is 13.6. The van der Waals surface area contributed by atoms with Crippen LogP contribution in [0.15, 0.2) is 76.1 Å². The fourth-order valence-electron chi connectivity index (χ4n) is 2.60. The van der Waals surface area contributed by atoms with Gasteiger partial charge in [-0.2, -0.15) is 0 Å². The number of para-hydroxylation sites is 1. The van der Waals surface area contributed by atoms with Gasteiger partial charge in [-0.1, -0.05) is 18.2 Å². The second kappa shape index (κ2) is 5.81. The lowest BCUT2D eigenvalue weighted by Gasteiger charge is -2.13. The molecule has 1 heterocycles. The third-order valence-electron chi connectivity index (χ3n) is 3.88. The van der Waals surface area contributed by atoms with Crippen molar-refractivity contribution in [1.82, 2.24) is 4.98 Å². The number of rotatable bonds is 2. The van der Waals surface area contributed by atoms with Gasteiger partial charge in [-0.05, 0) is 36.4 Å². The molecule has 118 valence electrons. The third-order valence-corrected chi connectivity index (χ3v) is 3.88. The van der Waals surface area contributed by atoms with Gasteiger partial charge in [0.1, 0.15) is 11.2 Å². The van der Waals surface area contributed by atoms with E-state index < -0.39 is 0 Å². The molecule has 0 amide bonds. The Bertz CT molecular complexity index is 1040. The normalized spacial score (nSPS) is 12.0. The number of anilines is 1. The predicted octanol–water partition coefficient (Wildman–Crippen LogP) is 4.23. The van der Waals surface area contributed by atoms with Crippen molar-refractivity contribution in [2.24, 2.45) is 4.99 Å². The van der Waals surface area contributed by atoms with Crippen molar-refractivity contribution in [1.29, 1.82) is 0 Å². The summed E-state index contributed by atoms with van der Waals surface area (Å²) >= 11 is 0. The Labute approximate surface area is 140 Å². The van der Waals surface area contributed by atoms with Crippen LogP contribution >= 0.6 is 0 Å². The number of benzene rings is 3. The van der Waals surface area contributed by atoms with Crippen LogP contribution in [-0.4, -0.2) is 19.1 Å². The molecule has 0 aromatic heterocycles. The lowest BCUT2D eigenvalue weighted by Crippen LogP contribution is -2.08. The Hall–Kier alpha value is -3.14. The summed E-state index contributed by atoms with van der Waals surface area (Å²) < 4.78 is 6.07. The highest BCUT2D eigenvalue weighted by molar-refractivity contribution is 5.79. The molecule has 4 rings (SSSR count). The van der Waals surface area contributed by atoms with Crippen molar-refractivity contribution >= 4 is 22.5 Å². The fourth-order valence-corrected chi connectivity index (χ4v) is 2.60. The third kappa shape index (κ3) is 2.74. The van der Waals surface area contributed by atoms with E-state index in [1.807, 2.05) is 85.7 Å². The Balaban J connectivity index is 1.88. The van der Waals surface area contributed by atoms with Gasteiger partial charge in [-0.25, -0.2) is 9.98 Å². The Morgan fingerprint density at radius 2 is 1.75 bits per heavy atom. The van der Waals surface area contributed by atoms with E-state index in [1.54, 1.807) is 0 Å². The first kappa shape index (κ1) is 14.5. The van der Waals surface area contributed by atoms with Gasteiger partial charge in [-0.15, -0.1) is 0 Å². The number of hydrogen-bond acceptors (Lipinski definition) is 4. The maximum atomic E-state index is 6.07. The predicted molar refractivity (Wildman–Crippen MR) is 96.6 cm³/mol. The molecule has 24 heavy (non-hydrogen) atoms. The molecule has 0 N–H and O–H groups in total. The molecule has 0 saturated carbocycles. The van der Waals surface area contributed by atoms with Crippen molar-refractivity contribution in [2.45, 2.75) is 0 Å². The van der Waals surface area contributed by atoms with Gasteiger partial charge in [0.2, 0.25) is 0 Å². The summed E-state index contributed by atoms with van der Waals surface area (Å²) in [5.74, 6) is 0.732. The Morgan fingerprint density at radius 3 is 2.54 bits per heavy atom. The molecule has 0 unspecified atom stereocenters. The van der Waals surface area contributed by atoms with Crippen LogP contribution in [0.2, 0.25) is 0 Å². The van der Waals surface area contributed by atoms with Gasteiger partial charge in [0.25, 0.3) is 0 Å². The van der Waals surface area contributed by atoms with Crippen LogP contribution in [0, 0.1) is 0 Å². The molecule has 0 saturated heterocycles. The lowest BCUT2D eigenvalue weighted by molar-refractivity contribution is 0.612. The fraction of sp³-hybridized carbons (Fsp3) is 0.100. The van der Waals surface area contributed by atoms with E-state index >= 15 is 0 Å². The van der Waals surface area contributed by atoms with E-state index in [-0.39, 0.29) is 0 Å². The monoisotopic (exact) mass is 315 g/mol. The number of nitrogens with zero attached hydrogens (tertiary/aromatic N) is 3. The summed E-state index contributed by atoms with van der Waals surface area (Å²) in [7, 11) is 4.01. The molecule has 0 atom stereocenters. The SMILES string of the molecule is CN(C)c1ccc2nc3ccc(=Nc4ccccc4)cc-3oc2c1. The topological polar surface area (TPSA) is 41.6 Å². The molecule has 2 aliphatic rings. The average molecular weight is 315 g/mol. The molecule has 1 aliphatic heterocycles. The van der Waals surface area contributed by atoms with Crippen LogP contribution in [0.3, 0.4) is 0 Å². The van der Waals surface area contributed by atoms with Crippen LogP contribution < -0.4 is 10.3 Å². The van der Waals surface area contributed by atoms with Crippen LogP contribution in [0.25, 0.3) is 22.6 Å². The highest BCUT2D eigenvalue weighted by Crippen LogP contribution is 2.26. The maximum Gasteiger partial charge on any atom is 0.155 e. The second-order valence-electron chi connectivity index (χ2n) is 5.86. The quantitative estimate of drug-likeness (QED) is 0.520. The molecule has 4 nitrogen and oxygen atoms in total. The minimum absolute atomic E-state index is 0.732. The van der Waals surface area contributed by atoms with E-state index in [4.69, 9.17) is 4.42 Å². The zero-order valence-electron chi connectivity index (χ0n) is 13.6. The number of fused-ring (bicyclic) bond motifs is 2. The minimum atomic E-state index is 0.732. The van der Waals surface area contributed by atoms with Gasteiger partial charge in [0.05, 0.1) is 11.0 Å². The maximum absolute atomic E-state index is 6.07. The highest BCUT2D eigenvalue weighted by atomic mass is 16.3. The van der Waals surface area contributed by atoms with Crippen LogP contribution in [0.5, 0.6) is 0 Å². The van der Waals surface area contributed by atoms with Crippen molar-refractivity contribution in [3.05, 3.63) is 72.1 Å². The molecule has 0 spiro atoms. The van der Waals surface area contributed by atoms with Gasteiger partial charge in [0.15, 0.2) is 11.3 Å². The van der Waals surface area contributed by atoms with E-state index in [0.717, 1.165) is 39.3 Å². The number of aromatic nitrogens is 1. The van der Waals surface area contributed by atoms with Crippen LogP contribution in [0.4, 0.5) is 11.4 Å². The summed E-state index contributed by atoms with van der Waals surface area (Å²) in [5, 5.41) is 0.849. The summed E-state index contributed by atoms with van der Waals surface area (Å²) in [6.07, 6.45) is 0. The van der Waals surface area contributed by atoms with Gasteiger partial charge in [-0.3, -0.25) is 0 Å². The van der Waals surface area contributed by atoms with Gasteiger partial charge >= 0.3 is 0 Å². The van der Waals surface area contributed by atoms with E-state index in [1.165, 1.54) is 0 Å². The largest absolute Gasteiger partial charge is 0.453 e. The Kier molecular flexibility index (Phi) is 3.50.